The number of allylic oxidation sites excluding steroid dienone is 2. The van der Waals surface area contributed by atoms with Gasteiger partial charge in [-0.2, -0.15) is 0 Å². The van der Waals surface area contributed by atoms with Crippen molar-refractivity contribution in [3.63, 3.8) is 0 Å². The number of ether oxygens (including phenoxy) is 3. The molecule has 1 amide bonds. The molecule has 0 radical (unpaired) electrons. The predicted octanol–water partition coefficient (Wildman–Crippen LogP) is 7.75. The van der Waals surface area contributed by atoms with Gasteiger partial charge in [-0.3, -0.25) is 14.4 Å². The predicted molar refractivity (Wildman–Crippen MR) is 189 cm³/mol. The minimum atomic E-state index is -0.302. The SMILES string of the molecule is CC#CCOc1ccc(C[C@@H](COCC)NC=O)cc1.CCCCCCCC(=O)CCCCCC/C=C/C[C@H](C=O)CCOC(C)=O. The molecule has 0 aromatic heterocycles. The third-order valence-corrected chi connectivity index (χ3v) is 7.45. The number of carbonyl (C=O) groups is 4. The van der Waals surface area contributed by atoms with E-state index in [2.05, 4.69) is 36.2 Å². The van der Waals surface area contributed by atoms with Crippen molar-refractivity contribution in [2.24, 2.45) is 5.92 Å². The topological polar surface area (TPSA) is 108 Å². The van der Waals surface area contributed by atoms with Crippen LogP contribution in [0.4, 0.5) is 0 Å². The quantitative estimate of drug-likeness (QED) is 0.0323. The summed E-state index contributed by atoms with van der Waals surface area (Å²) < 4.78 is 15.7. The van der Waals surface area contributed by atoms with E-state index in [1.807, 2.05) is 31.2 Å². The summed E-state index contributed by atoms with van der Waals surface area (Å²) in [5, 5.41) is 2.77. The monoisotopic (exact) mass is 655 g/mol. The standard InChI is InChI=1S/C23H40O4.C16H21NO3/c1-3-4-5-9-13-16-23(26)17-14-11-8-6-7-10-12-15-22(20-24)18-19-27-21(2)25;1-3-5-10-20-16-8-6-14(7-9-16)11-15(17-13-18)12-19-4-2/h10,12,20,22H,3-9,11,13-19H2,1-2H3;6-9,13,15H,4,10-12H2,1-2H3,(H,17,18)/b12-10+;/t22-;15-/m00/s1. The number of hydrogen-bond acceptors (Lipinski definition) is 7. The maximum absolute atomic E-state index is 11.8. The Kier molecular flexibility index (Phi) is 30.1. The van der Waals surface area contributed by atoms with Crippen molar-refractivity contribution in [3.8, 4) is 17.6 Å². The summed E-state index contributed by atoms with van der Waals surface area (Å²) in [5.74, 6) is 6.47. The van der Waals surface area contributed by atoms with Crippen LogP contribution in [0.25, 0.3) is 0 Å². The number of aldehydes is 1. The molecule has 8 heteroatoms. The molecule has 1 aromatic rings. The molecule has 2 atom stereocenters. The lowest BCUT2D eigenvalue weighted by molar-refractivity contribution is -0.141. The van der Waals surface area contributed by atoms with Crippen molar-refractivity contribution < 1.29 is 33.4 Å². The average Bonchev–Trinajstić information content (AvgIpc) is 3.06. The van der Waals surface area contributed by atoms with Crippen molar-refractivity contribution in [1.82, 2.24) is 5.32 Å². The van der Waals surface area contributed by atoms with Crippen LogP contribution in [0, 0.1) is 17.8 Å². The van der Waals surface area contributed by atoms with E-state index in [1.54, 1.807) is 6.92 Å². The van der Waals surface area contributed by atoms with Crippen molar-refractivity contribution in [2.75, 3.05) is 26.4 Å². The largest absolute Gasteiger partial charge is 0.481 e. The second-order valence-corrected chi connectivity index (χ2v) is 11.6. The van der Waals surface area contributed by atoms with E-state index in [9.17, 15) is 19.2 Å². The maximum atomic E-state index is 11.8. The van der Waals surface area contributed by atoms with Gasteiger partial charge in [0, 0.05) is 32.3 Å². The van der Waals surface area contributed by atoms with Gasteiger partial charge >= 0.3 is 5.97 Å². The molecule has 47 heavy (non-hydrogen) atoms. The summed E-state index contributed by atoms with van der Waals surface area (Å²) in [6.07, 6.45) is 20.8. The molecule has 1 N–H and O–H groups in total. The van der Waals surface area contributed by atoms with Crippen molar-refractivity contribution in [1.29, 1.82) is 0 Å². The Bertz CT molecular complexity index is 1030. The van der Waals surface area contributed by atoms with Crippen LogP contribution in [-0.4, -0.2) is 56.9 Å². The second-order valence-electron chi connectivity index (χ2n) is 11.6. The van der Waals surface area contributed by atoms with Gasteiger partial charge < -0.3 is 24.3 Å². The summed E-state index contributed by atoms with van der Waals surface area (Å²) >= 11 is 0. The van der Waals surface area contributed by atoms with Crippen molar-refractivity contribution >= 4 is 24.4 Å². The van der Waals surface area contributed by atoms with Gasteiger partial charge in [-0.1, -0.05) is 75.7 Å². The van der Waals surface area contributed by atoms with Gasteiger partial charge in [-0.25, -0.2) is 0 Å². The Labute approximate surface area is 284 Å². The summed E-state index contributed by atoms with van der Waals surface area (Å²) in [5.41, 5.74) is 1.12. The van der Waals surface area contributed by atoms with Gasteiger partial charge in [0.1, 0.15) is 24.4 Å². The number of hydrogen-bond donors (Lipinski definition) is 1. The van der Waals surface area contributed by atoms with Gasteiger partial charge in [-0.05, 0) is 76.5 Å². The highest BCUT2D eigenvalue weighted by Gasteiger charge is 2.09. The Hall–Kier alpha value is -3.44. The zero-order chi connectivity index (χ0) is 34.8. The normalized spacial score (nSPS) is 11.7. The van der Waals surface area contributed by atoms with Gasteiger partial charge in [0.15, 0.2) is 0 Å². The number of ketones is 1. The summed E-state index contributed by atoms with van der Waals surface area (Å²) in [4.78, 5) is 44.0. The first-order valence-corrected chi connectivity index (χ1v) is 17.5. The van der Waals surface area contributed by atoms with Crippen LogP contribution >= 0.6 is 0 Å². The Balaban J connectivity index is 0.000000939. The lowest BCUT2D eigenvalue weighted by Crippen LogP contribution is -2.34. The van der Waals surface area contributed by atoms with E-state index in [-0.39, 0.29) is 17.9 Å². The fourth-order valence-corrected chi connectivity index (χ4v) is 4.69. The molecule has 8 nitrogen and oxygen atoms in total. The number of benzene rings is 1. The molecule has 1 rings (SSSR count). The minimum Gasteiger partial charge on any atom is -0.481 e. The zero-order valence-electron chi connectivity index (χ0n) is 29.6. The van der Waals surface area contributed by atoms with Crippen molar-refractivity contribution in [3.05, 3.63) is 42.0 Å². The lowest BCUT2D eigenvalue weighted by Gasteiger charge is -2.16. The van der Waals surface area contributed by atoms with Crippen LogP contribution in [0.1, 0.15) is 123 Å². The highest BCUT2D eigenvalue weighted by Crippen LogP contribution is 2.14. The zero-order valence-corrected chi connectivity index (χ0v) is 29.6. The van der Waals surface area contributed by atoms with Gasteiger partial charge in [0.2, 0.25) is 6.41 Å². The summed E-state index contributed by atoms with van der Waals surface area (Å²) in [6, 6.07) is 7.78. The Morgan fingerprint density at radius 2 is 1.60 bits per heavy atom. The molecular weight excluding hydrogens is 594 g/mol. The molecule has 0 heterocycles. The van der Waals surface area contributed by atoms with E-state index in [1.165, 1.54) is 32.6 Å². The molecular formula is C39H61NO7. The third kappa shape index (κ3) is 28.5. The molecule has 0 saturated heterocycles. The highest BCUT2D eigenvalue weighted by molar-refractivity contribution is 5.78. The van der Waals surface area contributed by atoms with E-state index >= 15 is 0 Å². The third-order valence-electron chi connectivity index (χ3n) is 7.45. The fourth-order valence-electron chi connectivity index (χ4n) is 4.69. The van der Waals surface area contributed by atoms with Gasteiger partial charge in [-0.15, -0.1) is 5.92 Å². The Morgan fingerprint density at radius 3 is 2.19 bits per heavy atom. The molecule has 0 unspecified atom stereocenters. The highest BCUT2D eigenvalue weighted by atomic mass is 16.5. The maximum Gasteiger partial charge on any atom is 0.302 e. The van der Waals surface area contributed by atoms with E-state index < -0.39 is 0 Å². The molecule has 1 aromatic carbocycles. The van der Waals surface area contributed by atoms with Gasteiger partial charge in [0.05, 0.1) is 19.3 Å². The number of amides is 1. The van der Waals surface area contributed by atoms with Crippen LogP contribution in [0.5, 0.6) is 5.75 Å². The number of rotatable bonds is 28. The number of unbranched alkanes of at least 4 members (excludes halogenated alkanes) is 8. The van der Waals surface area contributed by atoms with Crippen LogP contribution in [0.15, 0.2) is 36.4 Å². The molecule has 0 aliphatic rings. The number of esters is 1. The van der Waals surface area contributed by atoms with E-state index in [0.29, 0.717) is 51.5 Å². The van der Waals surface area contributed by atoms with Crippen molar-refractivity contribution in [2.45, 2.75) is 130 Å². The summed E-state index contributed by atoms with van der Waals surface area (Å²) in [7, 11) is 0. The number of carbonyl (C=O) groups excluding carboxylic acids is 4. The number of Topliss-reactive ketones (excluding diaryl/α,β-unsaturated/α-hetero) is 1. The molecule has 0 spiro atoms. The number of nitrogens with one attached hydrogen (secondary N) is 1. The molecule has 264 valence electrons. The molecule has 0 fully saturated rings. The molecule has 0 aliphatic heterocycles. The first kappa shape index (κ1) is 43.6. The van der Waals surface area contributed by atoms with E-state index in [0.717, 1.165) is 75.4 Å². The van der Waals surface area contributed by atoms with Crippen LogP contribution in [0.2, 0.25) is 0 Å². The van der Waals surface area contributed by atoms with E-state index in [4.69, 9.17) is 14.2 Å². The fraction of sp³-hybridized carbons (Fsp3) is 0.641. The molecule has 0 bridgehead atoms. The Morgan fingerprint density at radius 1 is 0.915 bits per heavy atom. The first-order chi connectivity index (χ1) is 22.9. The average molecular weight is 656 g/mol. The van der Waals surface area contributed by atoms with Crippen LogP contribution < -0.4 is 10.1 Å². The van der Waals surface area contributed by atoms with Gasteiger partial charge in [0.25, 0.3) is 0 Å². The molecule has 0 aliphatic carbocycles. The van der Waals surface area contributed by atoms with Crippen LogP contribution in [-0.2, 0) is 35.1 Å². The molecule has 0 saturated carbocycles. The van der Waals surface area contributed by atoms with Crippen LogP contribution in [0.3, 0.4) is 0 Å². The first-order valence-electron chi connectivity index (χ1n) is 17.5. The smallest absolute Gasteiger partial charge is 0.302 e. The second kappa shape index (κ2) is 32.5. The summed E-state index contributed by atoms with van der Waals surface area (Å²) in [6.45, 7) is 9.16. The minimum absolute atomic E-state index is 0.00910. The lowest BCUT2D eigenvalue weighted by atomic mass is 10.0.